The number of phenolic OH excluding ortho intramolecular Hbond substituents is 1. The Kier molecular flexibility index (Phi) is 5.70. The number of carbonyl (C=O) groups excluding carboxylic acids is 1. The van der Waals surface area contributed by atoms with Gasteiger partial charge < -0.3 is 15.3 Å². The van der Waals surface area contributed by atoms with Crippen LogP contribution >= 0.6 is 22.6 Å². The minimum atomic E-state index is -0.0622. The first-order valence-corrected chi connectivity index (χ1v) is 6.52. The molecule has 1 aromatic carbocycles. The molecule has 0 aliphatic rings. The van der Waals surface area contributed by atoms with Gasteiger partial charge in [0.2, 0.25) is 0 Å². The number of nitrogens with one attached hydrogen (secondary N) is 1. The number of aromatic hydroxyl groups is 1. The average Bonchev–Trinajstić information content (AvgIpc) is 2.32. The molecule has 0 bridgehead atoms. The molecule has 1 amide bonds. The molecule has 0 saturated carbocycles. The van der Waals surface area contributed by atoms with Gasteiger partial charge in [0.25, 0.3) is 5.91 Å². The van der Waals surface area contributed by atoms with Crippen molar-refractivity contribution in [3.63, 3.8) is 0 Å². The van der Waals surface area contributed by atoms with Gasteiger partial charge >= 0.3 is 0 Å². The van der Waals surface area contributed by atoms with E-state index in [1.165, 1.54) is 6.07 Å². The average molecular weight is 348 g/mol. The summed E-state index contributed by atoms with van der Waals surface area (Å²) in [5.74, 6) is 0.0906. The molecule has 0 atom stereocenters. The van der Waals surface area contributed by atoms with E-state index in [1.807, 2.05) is 29.6 Å². The maximum Gasteiger partial charge on any atom is 0.253 e. The standard InChI is InChI=1S/C12H17IN2O2/c1-14-6-3-7-15(2)12(17)9-4-5-10(13)11(16)8-9/h4-5,8,14,16H,3,6-7H2,1-2H3. The predicted molar refractivity (Wildman–Crippen MR) is 76.3 cm³/mol. The van der Waals surface area contributed by atoms with Crippen molar-refractivity contribution in [3.05, 3.63) is 27.3 Å². The van der Waals surface area contributed by atoms with Crippen LogP contribution in [0, 0.1) is 3.57 Å². The summed E-state index contributed by atoms with van der Waals surface area (Å²) < 4.78 is 0.747. The number of benzene rings is 1. The SMILES string of the molecule is CNCCCN(C)C(=O)c1ccc(I)c(O)c1. The van der Waals surface area contributed by atoms with E-state index in [0.29, 0.717) is 12.1 Å². The summed E-state index contributed by atoms with van der Waals surface area (Å²) >= 11 is 2.03. The van der Waals surface area contributed by atoms with Crippen LogP contribution in [0.2, 0.25) is 0 Å². The summed E-state index contributed by atoms with van der Waals surface area (Å²) in [4.78, 5) is 13.7. The molecule has 17 heavy (non-hydrogen) atoms. The third-order valence-electron chi connectivity index (χ3n) is 2.46. The molecule has 0 saturated heterocycles. The molecule has 2 N–H and O–H groups in total. The summed E-state index contributed by atoms with van der Waals surface area (Å²) in [6.07, 6.45) is 0.912. The Bertz CT molecular complexity index is 396. The fraction of sp³-hybridized carbons (Fsp3) is 0.417. The monoisotopic (exact) mass is 348 g/mol. The summed E-state index contributed by atoms with van der Waals surface area (Å²) in [5.41, 5.74) is 0.523. The van der Waals surface area contributed by atoms with Crippen molar-refractivity contribution < 1.29 is 9.90 Å². The Morgan fingerprint density at radius 3 is 2.82 bits per heavy atom. The highest BCUT2D eigenvalue weighted by Gasteiger charge is 2.12. The topological polar surface area (TPSA) is 52.6 Å². The van der Waals surface area contributed by atoms with Gasteiger partial charge in [-0.05, 0) is 60.8 Å². The van der Waals surface area contributed by atoms with Gasteiger partial charge in [0.05, 0.1) is 3.57 Å². The van der Waals surface area contributed by atoms with Crippen LogP contribution in [0.4, 0.5) is 0 Å². The molecule has 0 aromatic heterocycles. The second kappa shape index (κ2) is 6.80. The van der Waals surface area contributed by atoms with Gasteiger partial charge in [-0.25, -0.2) is 0 Å². The molecule has 1 rings (SSSR count). The molecular weight excluding hydrogens is 331 g/mol. The number of amides is 1. The molecule has 94 valence electrons. The zero-order valence-electron chi connectivity index (χ0n) is 10.0. The summed E-state index contributed by atoms with van der Waals surface area (Å²) in [7, 11) is 3.66. The van der Waals surface area contributed by atoms with Gasteiger partial charge in [-0.3, -0.25) is 4.79 Å². The number of phenols is 1. The third kappa shape index (κ3) is 4.16. The summed E-state index contributed by atoms with van der Waals surface area (Å²) in [6, 6.07) is 4.99. The molecule has 0 heterocycles. The second-order valence-electron chi connectivity index (χ2n) is 3.85. The molecule has 0 fully saturated rings. The largest absolute Gasteiger partial charge is 0.507 e. The Labute approximate surface area is 115 Å². The lowest BCUT2D eigenvalue weighted by atomic mass is 10.2. The van der Waals surface area contributed by atoms with Crippen molar-refractivity contribution in [2.24, 2.45) is 0 Å². The van der Waals surface area contributed by atoms with Crippen molar-refractivity contribution in [3.8, 4) is 5.75 Å². The Morgan fingerprint density at radius 2 is 2.24 bits per heavy atom. The van der Waals surface area contributed by atoms with Gasteiger partial charge in [0, 0.05) is 19.2 Å². The fourth-order valence-corrected chi connectivity index (χ4v) is 1.80. The van der Waals surface area contributed by atoms with Gasteiger partial charge in [-0.15, -0.1) is 0 Å². The van der Waals surface area contributed by atoms with Crippen LogP contribution in [0.5, 0.6) is 5.75 Å². The zero-order chi connectivity index (χ0) is 12.8. The van der Waals surface area contributed by atoms with E-state index in [0.717, 1.165) is 16.5 Å². The lowest BCUT2D eigenvalue weighted by Gasteiger charge is -2.17. The molecule has 0 radical (unpaired) electrons. The Balaban J connectivity index is 2.65. The van der Waals surface area contributed by atoms with Crippen molar-refractivity contribution in [2.75, 3.05) is 27.2 Å². The first-order chi connectivity index (χ1) is 8.06. The first kappa shape index (κ1) is 14.2. The Hall–Kier alpha value is -0.820. The van der Waals surface area contributed by atoms with Crippen molar-refractivity contribution >= 4 is 28.5 Å². The normalized spacial score (nSPS) is 10.3. The third-order valence-corrected chi connectivity index (χ3v) is 3.37. The fourth-order valence-electron chi connectivity index (χ4n) is 1.46. The van der Waals surface area contributed by atoms with Crippen LogP contribution in [0.15, 0.2) is 18.2 Å². The lowest BCUT2D eigenvalue weighted by Crippen LogP contribution is -2.29. The highest BCUT2D eigenvalue weighted by atomic mass is 127. The molecule has 0 aliphatic carbocycles. The van der Waals surface area contributed by atoms with Crippen molar-refractivity contribution in [1.82, 2.24) is 10.2 Å². The molecule has 1 aromatic rings. The van der Waals surface area contributed by atoms with Crippen LogP contribution < -0.4 is 5.32 Å². The number of halogens is 1. The summed E-state index contributed by atoms with van der Waals surface area (Å²) in [6.45, 7) is 1.59. The number of nitrogens with zero attached hydrogens (tertiary/aromatic N) is 1. The number of carbonyl (C=O) groups is 1. The quantitative estimate of drug-likeness (QED) is 0.629. The lowest BCUT2D eigenvalue weighted by molar-refractivity contribution is 0.0793. The van der Waals surface area contributed by atoms with Crippen LogP contribution in [-0.4, -0.2) is 43.1 Å². The van der Waals surface area contributed by atoms with E-state index in [2.05, 4.69) is 5.32 Å². The van der Waals surface area contributed by atoms with Crippen LogP contribution in [0.1, 0.15) is 16.8 Å². The molecular formula is C12H17IN2O2. The zero-order valence-corrected chi connectivity index (χ0v) is 12.2. The van der Waals surface area contributed by atoms with E-state index in [4.69, 9.17) is 0 Å². The maximum absolute atomic E-state index is 12.0. The maximum atomic E-state index is 12.0. The van der Waals surface area contributed by atoms with E-state index < -0.39 is 0 Å². The summed E-state index contributed by atoms with van der Waals surface area (Å²) in [5, 5.41) is 12.6. The molecule has 0 spiro atoms. The van der Waals surface area contributed by atoms with Gasteiger partial charge in [0.1, 0.15) is 5.75 Å². The number of rotatable bonds is 5. The molecule has 5 heteroatoms. The molecule has 0 aliphatic heterocycles. The van der Waals surface area contributed by atoms with E-state index in [-0.39, 0.29) is 11.7 Å². The van der Waals surface area contributed by atoms with Crippen LogP contribution in [-0.2, 0) is 0 Å². The smallest absolute Gasteiger partial charge is 0.253 e. The van der Waals surface area contributed by atoms with Gasteiger partial charge in [-0.1, -0.05) is 0 Å². The molecule has 0 unspecified atom stereocenters. The molecule has 4 nitrogen and oxygen atoms in total. The van der Waals surface area contributed by atoms with E-state index in [9.17, 15) is 9.90 Å². The van der Waals surface area contributed by atoms with Crippen molar-refractivity contribution in [1.29, 1.82) is 0 Å². The highest BCUT2D eigenvalue weighted by molar-refractivity contribution is 14.1. The minimum absolute atomic E-state index is 0.0622. The second-order valence-corrected chi connectivity index (χ2v) is 5.01. The number of hydrogen-bond acceptors (Lipinski definition) is 3. The Morgan fingerprint density at radius 1 is 1.53 bits per heavy atom. The predicted octanol–water partition coefficient (Wildman–Crippen LogP) is 1.68. The first-order valence-electron chi connectivity index (χ1n) is 5.45. The van der Waals surface area contributed by atoms with Gasteiger partial charge in [-0.2, -0.15) is 0 Å². The van der Waals surface area contributed by atoms with Crippen molar-refractivity contribution in [2.45, 2.75) is 6.42 Å². The number of hydrogen-bond donors (Lipinski definition) is 2. The minimum Gasteiger partial charge on any atom is -0.507 e. The van der Waals surface area contributed by atoms with E-state index >= 15 is 0 Å². The van der Waals surface area contributed by atoms with Gasteiger partial charge in [0.15, 0.2) is 0 Å². The van der Waals surface area contributed by atoms with Crippen LogP contribution in [0.25, 0.3) is 0 Å². The van der Waals surface area contributed by atoms with E-state index in [1.54, 1.807) is 24.1 Å². The highest BCUT2D eigenvalue weighted by Crippen LogP contribution is 2.21. The van der Waals surface area contributed by atoms with Crippen LogP contribution in [0.3, 0.4) is 0 Å².